The van der Waals surface area contributed by atoms with E-state index < -0.39 is 51.7 Å². The first-order valence-electron chi connectivity index (χ1n) is 14.7. The van der Waals surface area contributed by atoms with Gasteiger partial charge in [0.05, 0.1) is 16.1 Å². The molecule has 0 saturated heterocycles. The van der Waals surface area contributed by atoms with Crippen molar-refractivity contribution >= 4 is 39.1 Å². The third-order valence-electron chi connectivity index (χ3n) is 7.08. The summed E-state index contributed by atoms with van der Waals surface area (Å²) in [5.41, 5.74) is -0.838. The third-order valence-corrected chi connectivity index (χ3v) is 9.11. The summed E-state index contributed by atoms with van der Waals surface area (Å²) in [5, 5.41) is 3.30. The number of nitrogens with one attached hydrogen (secondary N) is 1. The Balaban J connectivity index is 1.85. The Hall–Kier alpha value is -4.35. The van der Waals surface area contributed by atoms with Gasteiger partial charge in [-0.3, -0.25) is 13.9 Å². The minimum Gasteiger partial charge on any atom is -0.350 e. The van der Waals surface area contributed by atoms with Crippen molar-refractivity contribution in [2.24, 2.45) is 0 Å². The van der Waals surface area contributed by atoms with Gasteiger partial charge in [0.15, 0.2) is 0 Å². The molecule has 47 heavy (non-hydrogen) atoms. The zero-order chi connectivity index (χ0) is 34.4. The lowest BCUT2D eigenvalue weighted by Crippen LogP contribution is -2.56. The van der Waals surface area contributed by atoms with Gasteiger partial charge in [-0.15, -0.1) is 0 Å². The molecule has 0 spiro atoms. The number of alkyl halides is 3. The van der Waals surface area contributed by atoms with Crippen LogP contribution in [0.1, 0.15) is 37.5 Å². The van der Waals surface area contributed by atoms with Gasteiger partial charge >= 0.3 is 6.18 Å². The molecule has 12 heteroatoms. The summed E-state index contributed by atoms with van der Waals surface area (Å²) in [7, 11) is -4.56. The molecule has 0 aliphatic carbocycles. The highest BCUT2D eigenvalue weighted by Crippen LogP contribution is 2.33. The van der Waals surface area contributed by atoms with Gasteiger partial charge in [0.2, 0.25) is 11.8 Å². The smallest absolute Gasteiger partial charge is 0.350 e. The summed E-state index contributed by atoms with van der Waals surface area (Å²) in [6.07, 6.45) is -4.70. The molecule has 0 aliphatic heterocycles. The molecule has 0 unspecified atom stereocenters. The second kappa shape index (κ2) is 14.6. The standard InChI is InChI=1S/C35H35ClF3N3O4S/c1-34(2,3)40-33(44)31(21-25-12-6-4-7-13-25)41(23-26-14-10-16-28(36)20-26)32(43)24-42(47(45,46)30-18-8-5-9-19-30)29-17-11-15-27(22-29)35(37,38)39/h4-20,22,31H,21,23-24H2,1-3H3,(H,40,44)/t31-/m1/s1. The van der Waals surface area contributed by atoms with Crippen LogP contribution in [-0.2, 0) is 38.8 Å². The first-order valence-corrected chi connectivity index (χ1v) is 16.5. The lowest BCUT2D eigenvalue weighted by molar-refractivity contribution is -0.140. The quantitative estimate of drug-likeness (QED) is 0.182. The fraction of sp³-hybridized carbons (Fsp3) is 0.257. The fourth-order valence-electron chi connectivity index (χ4n) is 4.92. The molecule has 1 N–H and O–H groups in total. The van der Waals surface area contributed by atoms with Gasteiger partial charge in [-0.05, 0) is 74.4 Å². The highest BCUT2D eigenvalue weighted by atomic mass is 35.5. The molecule has 0 radical (unpaired) electrons. The number of anilines is 1. The predicted octanol–water partition coefficient (Wildman–Crippen LogP) is 7.11. The molecule has 4 aromatic rings. The molecule has 1 atom stereocenters. The van der Waals surface area contributed by atoms with Gasteiger partial charge in [0.1, 0.15) is 12.6 Å². The maximum absolute atomic E-state index is 14.5. The average Bonchev–Trinajstić information content (AvgIpc) is 3.01. The number of nitrogens with zero attached hydrogens (tertiary/aromatic N) is 2. The largest absolute Gasteiger partial charge is 0.416 e. The van der Waals surface area contributed by atoms with Crippen molar-refractivity contribution < 1.29 is 31.2 Å². The van der Waals surface area contributed by atoms with Crippen molar-refractivity contribution in [1.82, 2.24) is 10.2 Å². The molecule has 4 rings (SSSR count). The van der Waals surface area contributed by atoms with E-state index in [1.807, 2.05) is 6.07 Å². The van der Waals surface area contributed by atoms with Gasteiger partial charge in [0.25, 0.3) is 10.0 Å². The van der Waals surface area contributed by atoms with Crippen LogP contribution in [0.25, 0.3) is 0 Å². The first kappa shape index (κ1) is 35.5. The van der Waals surface area contributed by atoms with E-state index in [0.717, 1.165) is 17.7 Å². The number of rotatable bonds is 11. The Bertz CT molecular complexity index is 1800. The van der Waals surface area contributed by atoms with Crippen LogP contribution in [-0.4, -0.2) is 43.3 Å². The molecule has 0 aliphatic rings. The van der Waals surface area contributed by atoms with Crippen LogP contribution in [0.15, 0.2) is 114 Å². The summed E-state index contributed by atoms with van der Waals surface area (Å²) < 4.78 is 69.9. The zero-order valence-electron chi connectivity index (χ0n) is 26.0. The number of carbonyl (C=O) groups excluding carboxylic acids is 2. The van der Waals surface area contributed by atoms with Crippen LogP contribution in [0.2, 0.25) is 5.02 Å². The maximum Gasteiger partial charge on any atom is 0.416 e. The Morgan fingerprint density at radius 3 is 2.00 bits per heavy atom. The Kier molecular flexibility index (Phi) is 11.0. The number of hydrogen-bond donors (Lipinski definition) is 1. The Morgan fingerprint density at radius 1 is 0.809 bits per heavy atom. The van der Waals surface area contributed by atoms with Crippen molar-refractivity contribution in [1.29, 1.82) is 0 Å². The van der Waals surface area contributed by atoms with E-state index in [0.29, 0.717) is 21.0 Å². The fourth-order valence-corrected chi connectivity index (χ4v) is 6.56. The van der Waals surface area contributed by atoms with E-state index in [2.05, 4.69) is 5.32 Å². The Morgan fingerprint density at radius 2 is 1.40 bits per heavy atom. The summed E-state index contributed by atoms with van der Waals surface area (Å²) in [6.45, 7) is 4.32. The van der Waals surface area contributed by atoms with E-state index in [1.54, 1.807) is 75.4 Å². The molecule has 7 nitrogen and oxygen atoms in total. The highest BCUT2D eigenvalue weighted by molar-refractivity contribution is 7.92. The highest BCUT2D eigenvalue weighted by Gasteiger charge is 2.37. The molecule has 4 aromatic carbocycles. The zero-order valence-corrected chi connectivity index (χ0v) is 27.6. The molecule has 0 bridgehead atoms. The van der Waals surface area contributed by atoms with E-state index in [1.165, 1.54) is 35.2 Å². The lowest BCUT2D eigenvalue weighted by atomic mass is 10.0. The van der Waals surface area contributed by atoms with Crippen LogP contribution in [0, 0.1) is 0 Å². The SMILES string of the molecule is CC(C)(C)NC(=O)[C@@H](Cc1ccccc1)N(Cc1cccc(Cl)c1)C(=O)CN(c1cccc(C(F)(F)F)c1)S(=O)(=O)c1ccccc1. The van der Waals surface area contributed by atoms with Gasteiger partial charge in [-0.25, -0.2) is 8.42 Å². The van der Waals surface area contributed by atoms with Crippen LogP contribution in [0.4, 0.5) is 18.9 Å². The van der Waals surface area contributed by atoms with Crippen LogP contribution in [0.3, 0.4) is 0 Å². The second-order valence-corrected chi connectivity index (χ2v) is 14.3. The maximum atomic E-state index is 14.5. The molecule has 248 valence electrons. The van der Waals surface area contributed by atoms with Gasteiger partial charge < -0.3 is 10.2 Å². The average molecular weight is 686 g/mol. The summed E-state index contributed by atoms with van der Waals surface area (Å²) in [4.78, 5) is 29.4. The van der Waals surface area contributed by atoms with Crippen LogP contribution >= 0.6 is 11.6 Å². The predicted molar refractivity (Wildman–Crippen MR) is 176 cm³/mol. The third kappa shape index (κ3) is 9.59. The number of halogens is 4. The monoisotopic (exact) mass is 685 g/mol. The molecule has 0 fully saturated rings. The lowest BCUT2D eigenvalue weighted by Gasteiger charge is -2.35. The number of amides is 2. The Labute approximate surface area is 278 Å². The minimum atomic E-state index is -4.77. The van der Waals surface area contributed by atoms with Crippen LogP contribution < -0.4 is 9.62 Å². The van der Waals surface area contributed by atoms with E-state index in [-0.39, 0.29) is 23.5 Å². The van der Waals surface area contributed by atoms with Crippen molar-refractivity contribution in [3.63, 3.8) is 0 Å². The number of benzene rings is 4. The van der Waals surface area contributed by atoms with Gasteiger partial charge in [0, 0.05) is 23.5 Å². The molecule has 0 saturated carbocycles. The topological polar surface area (TPSA) is 86.8 Å². The minimum absolute atomic E-state index is 0.0735. The van der Waals surface area contributed by atoms with Crippen molar-refractivity contribution in [3.8, 4) is 0 Å². The summed E-state index contributed by atoms with van der Waals surface area (Å²) >= 11 is 6.25. The molecule has 0 heterocycles. The van der Waals surface area contributed by atoms with E-state index >= 15 is 0 Å². The molecular weight excluding hydrogens is 651 g/mol. The molecular formula is C35H35ClF3N3O4S. The number of carbonyl (C=O) groups is 2. The van der Waals surface area contributed by atoms with Crippen LogP contribution in [0.5, 0.6) is 0 Å². The second-order valence-electron chi connectivity index (χ2n) is 12.0. The summed E-state index contributed by atoms with van der Waals surface area (Å²) in [5.74, 6) is -1.31. The van der Waals surface area contributed by atoms with Crippen molar-refractivity contribution in [3.05, 3.63) is 131 Å². The molecule has 0 aromatic heterocycles. The normalized spacial score (nSPS) is 12.7. The number of sulfonamides is 1. The molecule has 2 amide bonds. The van der Waals surface area contributed by atoms with E-state index in [4.69, 9.17) is 11.6 Å². The van der Waals surface area contributed by atoms with Gasteiger partial charge in [-0.2, -0.15) is 13.2 Å². The van der Waals surface area contributed by atoms with Gasteiger partial charge in [-0.1, -0.05) is 78.3 Å². The van der Waals surface area contributed by atoms with E-state index in [9.17, 15) is 31.2 Å². The van der Waals surface area contributed by atoms with Crippen molar-refractivity contribution in [2.75, 3.05) is 10.8 Å². The first-order chi connectivity index (χ1) is 22.0. The van der Waals surface area contributed by atoms with Crippen molar-refractivity contribution in [2.45, 2.75) is 56.4 Å². The number of hydrogen-bond acceptors (Lipinski definition) is 4. The summed E-state index contributed by atoms with van der Waals surface area (Å²) in [6, 6.07) is 25.4.